The van der Waals surface area contributed by atoms with Gasteiger partial charge in [0.25, 0.3) is 5.91 Å². The van der Waals surface area contributed by atoms with Crippen LogP contribution >= 0.6 is 24.0 Å². The number of nitrogens with one attached hydrogen (secondary N) is 2. The van der Waals surface area contributed by atoms with Crippen molar-refractivity contribution in [3.8, 4) is 34.5 Å². The van der Waals surface area contributed by atoms with Crippen LogP contribution in [0.5, 0.6) is 34.5 Å². The van der Waals surface area contributed by atoms with Crippen molar-refractivity contribution in [2.75, 3.05) is 53.3 Å². The Morgan fingerprint density at radius 1 is 0.588 bits per heavy atom. The molecule has 2 N–H and O–H groups in total. The van der Waals surface area contributed by atoms with E-state index in [1.807, 2.05) is 49.4 Å². The van der Waals surface area contributed by atoms with Gasteiger partial charge in [-0.25, -0.2) is 0 Å². The van der Waals surface area contributed by atoms with Crippen molar-refractivity contribution >= 4 is 68.8 Å². The lowest BCUT2D eigenvalue weighted by molar-refractivity contribution is 0.102. The van der Waals surface area contributed by atoms with Crippen molar-refractivity contribution < 1.29 is 33.2 Å². The maximum atomic E-state index is 12.9. The Labute approximate surface area is 307 Å². The van der Waals surface area contributed by atoms with Crippen molar-refractivity contribution in [2.24, 2.45) is 0 Å². The molecule has 6 aromatic rings. The van der Waals surface area contributed by atoms with Gasteiger partial charge in [0.1, 0.15) is 0 Å². The number of nitrogens with zero attached hydrogens (tertiary/aromatic N) is 2. The zero-order valence-corrected chi connectivity index (χ0v) is 30.7. The predicted octanol–water partition coefficient (Wildman–Crippen LogP) is 8.90. The third-order valence-corrected chi connectivity index (χ3v) is 8.18. The van der Waals surface area contributed by atoms with Gasteiger partial charge in [0.05, 0.1) is 58.7 Å². The molecule has 266 valence electrons. The molecule has 0 radical (unpaired) electrons. The number of ether oxygens (including phenoxy) is 6. The Bertz CT molecular complexity index is 2160. The second kappa shape index (κ2) is 17.3. The van der Waals surface area contributed by atoms with E-state index in [0.717, 1.165) is 38.7 Å². The molecule has 1 amide bonds. The molecule has 0 aliphatic rings. The topological polar surface area (TPSA) is 122 Å². The number of anilines is 3. The van der Waals surface area contributed by atoms with Gasteiger partial charge in [-0.2, -0.15) is 0 Å². The number of hydrogen-bond acceptors (Lipinski definition) is 10. The summed E-state index contributed by atoms with van der Waals surface area (Å²) in [6.07, 6.45) is 3.39. The van der Waals surface area contributed by atoms with Crippen LogP contribution in [0.1, 0.15) is 15.9 Å². The lowest BCUT2D eigenvalue weighted by Gasteiger charge is -2.15. The second-order valence-corrected chi connectivity index (χ2v) is 11.2. The molecule has 0 saturated carbocycles. The number of fused-ring (bicyclic) bond motifs is 2. The lowest BCUT2D eigenvalue weighted by Crippen LogP contribution is -2.13. The summed E-state index contributed by atoms with van der Waals surface area (Å²) in [7, 11) is 9.46. The molecule has 2 heterocycles. The number of pyridine rings is 2. The number of rotatable bonds is 10. The molecule has 0 atom stereocenters. The Morgan fingerprint density at radius 3 is 1.73 bits per heavy atom. The highest BCUT2D eigenvalue weighted by atomic mass is 35.5. The van der Waals surface area contributed by atoms with Crippen LogP contribution in [0.4, 0.5) is 17.1 Å². The fourth-order valence-corrected chi connectivity index (χ4v) is 5.39. The Hall–Kier alpha value is -5.65. The van der Waals surface area contributed by atoms with E-state index in [-0.39, 0.29) is 18.3 Å². The monoisotopic (exact) mass is 732 g/mol. The smallest absolute Gasteiger partial charge is 0.255 e. The van der Waals surface area contributed by atoms with Gasteiger partial charge in [0, 0.05) is 57.9 Å². The van der Waals surface area contributed by atoms with Crippen molar-refractivity contribution in [1.82, 2.24) is 9.97 Å². The molecule has 51 heavy (non-hydrogen) atoms. The van der Waals surface area contributed by atoms with E-state index in [0.29, 0.717) is 50.8 Å². The highest BCUT2D eigenvalue weighted by molar-refractivity contribution is 6.35. The Morgan fingerprint density at radius 2 is 1.12 bits per heavy atom. The summed E-state index contributed by atoms with van der Waals surface area (Å²) in [5, 5.41) is 8.80. The maximum absolute atomic E-state index is 12.9. The minimum atomic E-state index is -0.252. The van der Waals surface area contributed by atoms with E-state index in [4.69, 9.17) is 40.0 Å². The summed E-state index contributed by atoms with van der Waals surface area (Å²) in [6, 6.07) is 21.8. The molecule has 0 bridgehead atoms. The van der Waals surface area contributed by atoms with Crippen molar-refractivity contribution in [3.63, 3.8) is 0 Å². The number of halogens is 2. The third-order valence-electron chi connectivity index (χ3n) is 7.85. The number of carbonyl (C=O) groups is 1. The lowest BCUT2D eigenvalue weighted by atomic mass is 10.1. The van der Waals surface area contributed by atoms with Gasteiger partial charge in [-0.3, -0.25) is 14.8 Å². The van der Waals surface area contributed by atoms with Crippen molar-refractivity contribution in [2.45, 2.75) is 6.92 Å². The van der Waals surface area contributed by atoms with E-state index < -0.39 is 0 Å². The number of aromatic nitrogens is 2. The van der Waals surface area contributed by atoms with Crippen LogP contribution in [0.2, 0.25) is 5.02 Å². The molecular formula is C38H38Cl2N4O7. The first-order valence-electron chi connectivity index (χ1n) is 15.3. The Balaban J connectivity index is 0.000000304. The average Bonchev–Trinajstić information content (AvgIpc) is 3.15. The Kier molecular flexibility index (Phi) is 13.0. The minimum Gasteiger partial charge on any atom is -0.493 e. The quantitative estimate of drug-likeness (QED) is 0.141. The number of amides is 1. The van der Waals surface area contributed by atoms with E-state index in [2.05, 4.69) is 20.6 Å². The maximum Gasteiger partial charge on any atom is 0.255 e. The average molecular weight is 734 g/mol. The summed E-state index contributed by atoms with van der Waals surface area (Å²) in [6.45, 7) is 1.94. The van der Waals surface area contributed by atoms with Crippen molar-refractivity contribution in [1.29, 1.82) is 0 Å². The molecule has 4 aromatic carbocycles. The van der Waals surface area contributed by atoms with Gasteiger partial charge in [-0.1, -0.05) is 17.7 Å². The predicted molar refractivity (Wildman–Crippen MR) is 204 cm³/mol. The summed E-state index contributed by atoms with van der Waals surface area (Å²) in [4.78, 5) is 21.6. The molecular weight excluding hydrogens is 695 g/mol. The summed E-state index contributed by atoms with van der Waals surface area (Å²) in [5.41, 5.74) is 5.28. The molecule has 0 fully saturated rings. The van der Waals surface area contributed by atoms with Crippen molar-refractivity contribution in [3.05, 3.63) is 101 Å². The summed E-state index contributed by atoms with van der Waals surface area (Å²) in [5.74, 6) is 3.33. The number of methoxy groups -OCH3 is 6. The van der Waals surface area contributed by atoms with Gasteiger partial charge in [0.15, 0.2) is 34.5 Å². The zero-order valence-electron chi connectivity index (χ0n) is 29.1. The summed E-state index contributed by atoms with van der Waals surface area (Å²) < 4.78 is 31.8. The molecule has 0 aliphatic heterocycles. The van der Waals surface area contributed by atoms with Gasteiger partial charge >= 0.3 is 0 Å². The molecule has 0 aliphatic carbocycles. The van der Waals surface area contributed by atoms with Gasteiger partial charge in [0.2, 0.25) is 0 Å². The molecule has 2 aromatic heterocycles. The van der Waals surface area contributed by atoms with Gasteiger partial charge in [-0.15, -0.1) is 12.4 Å². The molecule has 6 rings (SSSR count). The van der Waals surface area contributed by atoms with Crippen LogP contribution in [0.15, 0.2) is 85.2 Å². The van der Waals surface area contributed by atoms with E-state index in [1.165, 1.54) is 7.11 Å². The standard InChI is InChI=1S/C27H27N3O5.C11H10ClNO2.ClH/c1-16-6-8-18(13-21(16)30-27(31)17-7-9-23(32-2)24(12-17)33-3)29-20-10-11-28-22-15-26(35-5)25(34-4)14-19(20)22;1-14-10-5-7-8(12)3-4-13-9(7)6-11(10)15-2;/h6-15H,1-5H3,(H,28,29)(H,30,31);3-6H,1-2H3;1H. The van der Waals surface area contributed by atoms with Crippen LogP contribution < -0.4 is 39.1 Å². The van der Waals surface area contributed by atoms with Crippen LogP contribution in [-0.2, 0) is 0 Å². The number of carbonyl (C=O) groups excluding carboxylic acids is 1. The van der Waals surface area contributed by atoms with Crippen LogP contribution in [0.3, 0.4) is 0 Å². The molecule has 11 nitrogen and oxygen atoms in total. The van der Waals surface area contributed by atoms with E-state index in [9.17, 15) is 4.79 Å². The number of hydrogen-bond donors (Lipinski definition) is 2. The molecule has 0 unspecified atom stereocenters. The van der Waals surface area contributed by atoms with Crippen LogP contribution in [0.25, 0.3) is 21.8 Å². The number of aryl methyl sites for hydroxylation is 1. The zero-order chi connectivity index (χ0) is 35.8. The van der Waals surface area contributed by atoms with Crippen LogP contribution in [-0.4, -0.2) is 58.5 Å². The first kappa shape index (κ1) is 38.2. The first-order chi connectivity index (χ1) is 24.2. The SMILES string of the molecule is COc1cc2nccc(Cl)c2cc1OC.COc1ccc(C(=O)Nc2cc(Nc3ccnc4cc(OC)c(OC)cc34)ccc2C)cc1OC.Cl. The van der Waals surface area contributed by atoms with Gasteiger partial charge in [-0.05, 0) is 67.1 Å². The highest BCUT2D eigenvalue weighted by Crippen LogP contribution is 2.37. The molecule has 0 spiro atoms. The normalized spacial score (nSPS) is 10.3. The van der Waals surface area contributed by atoms with Crippen LogP contribution in [0, 0.1) is 6.92 Å². The third kappa shape index (κ3) is 8.57. The second-order valence-electron chi connectivity index (χ2n) is 10.8. The van der Waals surface area contributed by atoms with E-state index in [1.54, 1.807) is 78.3 Å². The molecule has 0 saturated heterocycles. The van der Waals surface area contributed by atoms with Gasteiger partial charge < -0.3 is 39.1 Å². The summed E-state index contributed by atoms with van der Waals surface area (Å²) >= 11 is 6.05. The first-order valence-corrected chi connectivity index (χ1v) is 15.7. The largest absolute Gasteiger partial charge is 0.493 e. The highest BCUT2D eigenvalue weighted by Gasteiger charge is 2.14. The minimum absolute atomic E-state index is 0. The number of benzene rings is 4. The van der Waals surface area contributed by atoms with E-state index >= 15 is 0 Å². The molecule has 13 heteroatoms. The fraction of sp³-hybridized carbons (Fsp3) is 0.184. The fourth-order valence-electron chi connectivity index (χ4n) is 5.18.